The number of carbonyl (C=O) groups is 1. The summed E-state index contributed by atoms with van der Waals surface area (Å²) in [7, 11) is 0. The Balaban J connectivity index is 2.01. The molecule has 0 fully saturated rings. The summed E-state index contributed by atoms with van der Waals surface area (Å²) >= 11 is 3.43. The highest BCUT2D eigenvalue weighted by molar-refractivity contribution is 9.10. The first-order chi connectivity index (χ1) is 9.74. The molecule has 0 saturated carbocycles. The van der Waals surface area contributed by atoms with Crippen molar-refractivity contribution >= 4 is 38.4 Å². The number of amides is 1. The van der Waals surface area contributed by atoms with Gasteiger partial charge in [0.25, 0.3) is 5.91 Å². The van der Waals surface area contributed by atoms with Crippen LogP contribution >= 0.6 is 15.9 Å². The molecule has 98 valence electrons. The van der Waals surface area contributed by atoms with Gasteiger partial charge in [0.05, 0.1) is 11.2 Å². The molecule has 0 bridgehead atoms. The molecule has 0 atom stereocenters. The number of fused-ring (bicyclic) bond motifs is 1. The lowest BCUT2D eigenvalue weighted by Crippen LogP contribution is -2.13. The number of nitrogens with zero attached hydrogens (tertiary/aromatic N) is 2. The van der Waals surface area contributed by atoms with Gasteiger partial charge in [-0.25, -0.2) is 0 Å². The first-order valence-corrected chi connectivity index (χ1v) is 6.80. The maximum Gasteiger partial charge on any atom is 0.274 e. The summed E-state index contributed by atoms with van der Waals surface area (Å²) in [5.74, 6) is -0.254. The van der Waals surface area contributed by atoms with Crippen molar-refractivity contribution in [3.8, 4) is 0 Å². The maximum absolute atomic E-state index is 12.2. The molecule has 3 rings (SSSR count). The van der Waals surface area contributed by atoms with E-state index in [-0.39, 0.29) is 5.91 Å². The summed E-state index contributed by atoms with van der Waals surface area (Å²) in [6.45, 7) is 0. The number of benzene rings is 1. The van der Waals surface area contributed by atoms with Crippen LogP contribution in [0.1, 0.15) is 10.5 Å². The molecule has 1 amide bonds. The van der Waals surface area contributed by atoms with Crippen molar-refractivity contribution in [2.45, 2.75) is 0 Å². The second-order valence-electron chi connectivity index (χ2n) is 4.20. The van der Waals surface area contributed by atoms with Crippen LogP contribution in [0.5, 0.6) is 0 Å². The zero-order valence-corrected chi connectivity index (χ0v) is 12.0. The fourth-order valence-corrected chi connectivity index (χ4v) is 2.41. The molecule has 2 heterocycles. The molecule has 2 aromatic heterocycles. The van der Waals surface area contributed by atoms with Gasteiger partial charge >= 0.3 is 0 Å². The average molecular weight is 328 g/mol. The number of hydrogen-bond acceptors (Lipinski definition) is 3. The van der Waals surface area contributed by atoms with E-state index in [1.807, 2.05) is 24.3 Å². The maximum atomic E-state index is 12.2. The van der Waals surface area contributed by atoms with Gasteiger partial charge in [-0.2, -0.15) is 0 Å². The van der Waals surface area contributed by atoms with E-state index in [0.29, 0.717) is 11.4 Å². The molecular formula is C15H10BrN3O. The molecule has 0 saturated heterocycles. The number of anilines is 1. The van der Waals surface area contributed by atoms with Gasteiger partial charge in [0.15, 0.2) is 0 Å². The van der Waals surface area contributed by atoms with E-state index < -0.39 is 0 Å². The molecule has 0 spiro atoms. The smallest absolute Gasteiger partial charge is 0.274 e. The van der Waals surface area contributed by atoms with Gasteiger partial charge in [-0.3, -0.25) is 14.8 Å². The Kier molecular flexibility index (Phi) is 3.43. The third kappa shape index (κ3) is 2.53. The van der Waals surface area contributed by atoms with E-state index in [9.17, 15) is 4.79 Å². The Morgan fingerprint density at radius 1 is 1.05 bits per heavy atom. The van der Waals surface area contributed by atoms with Crippen LogP contribution in [-0.4, -0.2) is 15.9 Å². The Labute approximate surface area is 124 Å². The Bertz CT molecular complexity index is 774. The predicted molar refractivity (Wildman–Crippen MR) is 81.6 cm³/mol. The molecule has 5 heteroatoms. The topological polar surface area (TPSA) is 54.9 Å². The summed E-state index contributed by atoms with van der Waals surface area (Å²) in [5, 5.41) is 3.80. The van der Waals surface area contributed by atoms with Gasteiger partial charge in [-0.15, -0.1) is 0 Å². The molecule has 4 nitrogen and oxygen atoms in total. The van der Waals surface area contributed by atoms with Crippen LogP contribution in [0.2, 0.25) is 0 Å². The van der Waals surface area contributed by atoms with E-state index in [2.05, 4.69) is 31.2 Å². The van der Waals surface area contributed by atoms with E-state index >= 15 is 0 Å². The number of aromatic nitrogens is 2. The van der Waals surface area contributed by atoms with Gasteiger partial charge in [-0.05, 0) is 30.3 Å². The molecule has 1 aromatic carbocycles. The van der Waals surface area contributed by atoms with Crippen LogP contribution in [0.4, 0.5) is 5.69 Å². The quantitative estimate of drug-likeness (QED) is 0.781. The van der Waals surface area contributed by atoms with E-state index in [0.717, 1.165) is 15.4 Å². The zero-order chi connectivity index (χ0) is 13.9. The largest absolute Gasteiger partial charge is 0.319 e. The predicted octanol–water partition coefficient (Wildman–Crippen LogP) is 3.64. The molecule has 0 aliphatic rings. The van der Waals surface area contributed by atoms with Gasteiger partial charge in [0.1, 0.15) is 5.69 Å². The standard InChI is InChI=1S/C15H10BrN3O/c16-11-8-10-4-3-7-18-14(10)13(9-11)19-15(20)12-5-1-2-6-17-12/h1-9H,(H,19,20). The minimum atomic E-state index is -0.254. The van der Waals surface area contributed by atoms with E-state index in [1.165, 1.54) is 0 Å². The Morgan fingerprint density at radius 3 is 2.70 bits per heavy atom. The molecule has 1 N–H and O–H groups in total. The van der Waals surface area contributed by atoms with E-state index in [1.54, 1.807) is 30.6 Å². The lowest BCUT2D eigenvalue weighted by molar-refractivity contribution is 0.102. The van der Waals surface area contributed by atoms with Crippen molar-refractivity contribution in [1.29, 1.82) is 0 Å². The van der Waals surface area contributed by atoms with Crippen LogP contribution in [0.25, 0.3) is 10.9 Å². The highest BCUT2D eigenvalue weighted by atomic mass is 79.9. The monoisotopic (exact) mass is 327 g/mol. The highest BCUT2D eigenvalue weighted by Gasteiger charge is 2.10. The highest BCUT2D eigenvalue weighted by Crippen LogP contribution is 2.26. The number of hydrogen-bond donors (Lipinski definition) is 1. The van der Waals surface area contributed by atoms with Crippen LogP contribution in [-0.2, 0) is 0 Å². The third-order valence-electron chi connectivity index (χ3n) is 2.82. The van der Waals surface area contributed by atoms with Crippen molar-refractivity contribution in [2.24, 2.45) is 0 Å². The van der Waals surface area contributed by atoms with Crippen LogP contribution in [0.15, 0.2) is 59.3 Å². The fraction of sp³-hybridized carbons (Fsp3) is 0. The van der Waals surface area contributed by atoms with Gasteiger partial charge in [0.2, 0.25) is 0 Å². The first-order valence-electron chi connectivity index (χ1n) is 6.01. The first kappa shape index (κ1) is 12.7. The molecule has 0 aliphatic heterocycles. The average Bonchev–Trinajstić information content (AvgIpc) is 2.48. The SMILES string of the molecule is O=C(Nc1cc(Br)cc2cccnc12)c1ccccn1. The van der Waals surface area contributed by atoms with Crippen molar-refractivity contribution in [3.63, 3.8) is 0 Å². The minimum Gasteiger partial charge on any atom is -0.319 e. The van der Waals surface area contributed by atoms with Gasteiger partial charge in [0, 0.05) is 22.3 Å². The number of carbonyl (C=O) groups excluding carboxylic acids is 1. The van der Waals surface area contributed by atoms with Crippen molar-refractivity contribution in [3.05, 3.63) is 65.0 Å². The Hall–Kier alpha value is -2.27. The molecule has 0 aliphatic carbocycles. The number of halogens is 1. The summed E-state index contributed by atoms with van der Waals surface area (Å²) < 4.78 is 0.884. The molecular weight excluding hydrogens is 318 g/mol. The number of nitrogens with one attached hydrogen (secondary N) is 1. The minimum absolute atomic E-state index is 0.254. The number of rotatable bonds is 2. The van der Waals surface area contributed by atoms with Crippen molar-refractivity contribution in [1.82, 2.24) is 9.97 Å². The zero-order valence-electron chi connectivity index (χ0n) is 10.4. The lowest BCUT2D eigenvalue weighted by Gasteiger charge is -2.08. The van der Waals surface area contributed by atoms with Crippen LogP contribution in [0.3, 0.4) is 0 Å². The molecule has 20 heavy (non-hydrogen) atoms. The molecule has 0 radical (unpaired) electrons. The second kappa shape index (κ2) is 5.38. The van der Waals surface area contributed by atoms with Crippen LogP contribution in [0, 0.1) is 0 Å². The van der Waals surface area contributed by atoms with Gasteiger partial charge in [-0.1, -0.05) is 28.1 Å². The summed E-state index contributed by atoms with van der Waals surface area (Å²) in [6, 6.07) is 12.8. The van der Waals surface area contributed by atoms with Gasteiger partial charge < -0.3 is 5.32 Å². The summed E-state index contributed by atoms with van der Waals surface area (Å²) in [5.41, 5.74) is 1.78. The Morgan fingerprint density at radius 2 is 1.90 bits per heavy atom. The lowest BCUT2D eigenvalue weighted by atomic mass is 10.2. The second-order valence-corrected chi connectivity index (χ2v) is 5.11. The third-order valence-corrected chi connectivity index (χ3v) is 3.27. The normalized spacial score (nSPS) is 10.4. The fourth-order valence-electron chi connectivity index (χ4n) is 1.93. The number of pyridine rings is 2. The van der Waals surface area contributed by atoms with Crippen LogP contribution < -0.4 is 5.32 Å². The molecule has 3 aromatic rings. The summed E-state index contributed by atoms with van der Waals surface area (Å²) in [4.78, 5) is 20.5. The van der Waals surface area contributed by atoms with E-state index in [4.69, 9.17) is 0 Å². The van der Waals surface area contributed by atoms with Crippen molar-refractivity contribution in [2.75, 3.05) is 5.32 Å². The summed E-state index contributed by atoms with van der Waals surface area (Å²) in [6.07, 6.45) is 3.29. The van der Waals surface area contributed by atoms with Crippen molar-refractivity contribution < 1.29 is 4.79 Å². The molecule has 0 unspecified atom stereocenters.